The second kappa shape index (κ2) is 5.54. The van der Waals surface area contributed by atoms with E-state index in [1.165, 1.54) is 5.56 Å². The summed E-state index contributed by atoms with van der Waals surface area (Å²) in [6, 6.07) is 17.1. The molecule has 4 rings (SSSR count). The number of carbonyl (C=O) groups excluding carboxylic acids is 2. The Hall–Kier alpha value is -2.62. The average Bonchev–Trinajstić information content (AvgIpc) is 3.19. The van der Waals surface area contributed by atoms with Gasteiger partial charge in [0, 0.05) is 24.3 Å². The molecule has 1 unspecified atom stereocenters. The molecule has 1 atom stereocenters. The van der Waals surface area contributed by atoms with Crippen LogP contribution in [0, 0.1) is 0 Å². The molecule has 4 nitrogen and oxygen atoms in total. The van der Waals surface area contributed by atoms with Crippen LogP contribution in [0.1, 0.15) is 18.4 Å². The van der Waals surface area contributed by atoms with Crippen molar-refractivity contribution < 1.29 is 9.59 Å². The van der Waals surface area contributed by atoms with Gasteiger partial charge in [0.1, 0.15) is 6.04 Å². The third-order valence-corrected chi connectivity index (χ3v) is 4.68. The van der Waals surface area contributed by atoms with Crippen LogP contribution in [0.5, 0.6) is 0 Å². The molecule has 0 aliphatic carbocycles. The van der Waals surface area contributed by atoms with Crippen molar-refractivity contribution in [3.8, 4) is 0 Å². The number of para-hydroxylation sites is 2. The van der Waals surface area contributed by atoms with E-state index in [0.29, 0.717) is 19.4 Å². The molecule has 0 radical (unpaired) electrons. The minimum Gasteiger partial charge on any atom is -0.310 e. The minimum atomic E-state index is -0.393. The first-order chi connectivity index (χ1) is 11.3. The predicted molar refractivity (Wildman–Crippen MR) is 89.4 cm³/mol. The largest absolute Gasteiger partial charge is 0.310 e. The van der Waals surface area contributed by atoms with Gasteiger partial charge in [0.15, 0.2) is 0 Å². The number of benzene rings is 2. The Balaban J connectivity index is 1.65. The summed E-state index contributed by atoms with van der Waals surface area (Å²) in [5, 5.41) is 0. The van der Waals surface area contributed by atoms with Crippen LogP contribution in [0.2, 0.25) is 0 Å². The second-order valence-corrected chi connectivity index (χ2v) is 6.02. The van der Waals surface area contributed by atoms with Crippen molar-refractivity contribution in [3.63, 3.8) is 0 Å². The van der Waals surface area contributed by atoms with Crippen LogP contribution < -0.4 is 9.80 Å². The standard InChI is InChI=1S/C19H18N2O2/c22-18-11-10-17(21(18)15-7-2-1-3-8-15)19(23)20-13-12-14-6-4-5-9-16(14)20/h1-9,17H,10-13H2. The van der Waals surface area contributed by atoms with Crippen molar-refractivity contribution in [3.05, 3.63) is 60.2 Å². The lowest BCUT2D eigenvalue weighted by Gasteiger charge is -2.28. The first kappa shape index (κ1) is 14.0. The fourth-order valence-corrected chi connectivity index (χ4v) is 3.58. The molecule has 1 saturated heterocycles. The van der Waals surface area contributed by atoms with Gasteiger partial charge in [-0.2, -0.15) is 0 Å². The highest BCUT2D eigenvalue weighted by Gasteiger charge is 2.40. The fourth-order valence-electron chi connectivity index (χ4n) is 3.58. The van der Waals surface area contributed by atoms with Gasteiger partial charge in [-0.25, -0.2) is 0 Å². The quantitative estimate of drug-likeness (QED) is 0.856. The maximum absolute atomic E-state index is 13.1. The lowest BCUT2D eigenvalue weighted by atomic mass is 10.1. The lowest BCUT2D eigenvalue weighted by Crippen LogP contribution is -2.46. The van der Waals surface area contributed by atoms with E-state index < -0.39 is 6.04 Å². The van der Waals surface area contributed by atoms with Crippen molar-refractivity contribution in [2.75, 3.05) is 16.3 Å². The number of hydrogen-bond donors (Lipinski definition) is 0. The lowest BCUT2D eigenvalue weighted by molar-refractivity contribution is -0.122. The van der Waals surface area contributed by atoms with Gasteiger partial charge in [0.25, 0.3) is 0 Å². The number of nitrogens with zero attached hydrogens (tertiary/aromatic N) is 2. The van der Waals surface area contributed by atoms with E-state index in [0.717, 1.165) is 17.8 Å². The van der Waals surface area contributed by atoms with Gasteiger partial charge in [-0.05, 0) is 36.6 Å². The van der Waals surface area contributed by atoms with Crippen molar-refractivity contribution >= 4 is 23.2 Å². The normalized spacial score (nSPS) is 20.0. The van der Waals surface area contributed by atoms with Crippen LogP contribution >= 0.6 is 0 Å². The molecule has 0 saturated carbocycles. The topological polar surface area (TPSA) is 40.6 Å². The maximum atomic E-state index is 13.1. The Kier molecular flexibility index (Phi) is 3.37. The smallest absolute Gasteiger partial charge is 0.250 e. The Bertz CT molecular complexity index is 757. The molecule has 116 valence electrons. The molecule has 1 fully saturated rings. The summed E-state index contributed by atoms with van der Waals surface area (Å²) in [7, 11) is 0. The molecule has 4 heteroatoms. The van der Waals surface area contributed by atoms with Crippen molar-refractivity contribution in [1.82, 2.24) is 0 Å². The zero-order valence-corrected chi connectivity index (χ0v) is 12.8. The summed E-state index contributed by atoms with van der Waals surface area (Å²) < 4.78 is 0. The van der Waals surface area contributed by atoms with Crippen LogP contribution in [-0.2, 0) is 16.0 Å². The van der Waals surface area contributed by atoms with Gasteiger partial charge in [0.2, 0.25) is 11.8 Å². The zero-order chi connectivity index (χ0) is 15.8. The van der Waals surface area contributed by atoms with Gasteiger partial charge >= 0.3 is 0 Å². The highest BCUT2D eigenvalue weighted by Crippen LogP contribution is 2.32. The van der Waals surface area contributed by atoms with E-state index >= 15 is 0 Å². The van der Waals surface area contributed by atoms with E-state index in [1.54, 1.807) is 4.90 Å². The first-order valence-electron chi connectivity index (χ1n) is 8.02. The molecule has 0 aromatic heterocycles. The second-order valence-electron chi connectivity index (χ2n) is 6.02. The highest BCUT2D eigenvalue weighted by molar-refractivity contribution is 6.09. The van der Waals surface area contributed by atoms with Crippen LogP contribution in [0.15, 0.2) is 54.6 Å². The van der Waals surface area contributed by atoms with Crippen molar-refractivity contribution in [2.24, 2.45) is 0 Å². The Morgan fingerprint density at radius 2 is 1.70 bits per heavy atom. The molecular formula is C19H18N2O2. The van der Waals surface area contributed by atoms with Gasteiger partial charge in [-0.3, -0.25) is 14.5 Å². The summed E-state index contributed by atoms with van der Waals surface area (Å²) in [5.74, 6) is 0.0617. The number of hydrogen-bond acceptors (Lipinski definition) is 2. The molecule has 0 N–H and O–H groups in total. The molecule has 2 aromatic carbocycles. The third kappa shape index (κ3) is 2.31. The number of fused-ring (bicyclic) bond motifs is 1. The summed E-state index contributed by atoms with van der Waals surface area (Å²) in [6.45, 7) is 0.700. The van der Waals surface area contributed by atoms with E-state index in [-0.39, 0.29) is 11.8 Å². The number of anilines is 2. The van der Waals surface area contributed by atoms with Gasteiger partial charge in [0.05, 0.1) is 0 Å². The number of rotatable bonds is 2. The Labute approximate surface area is 135 Å². The van der Waals surface area contributed by atoms with Crippen molar-refractivity contribution in [1.29, 1.82) is 0 Å². The van der Waals surface area contributed by atoms with Crippen LogP contribution in [0.4, 0.5) is 11.4 Å². The van der Waals surface area contributed by atoms with E-state index in [4.69, 9.17) is 0 Å². The van der Waals surface area contributed by atoms with Crippen LogP contribution in [-0.4, -0.2) is 24.4 Å². The molecule has 2 aliphatic heterocycles. The molecule has 2 aliphatic rings. The summed E-state index contributed by atoms with van der Waals surface area (Å²) >= 11 is 0. The third-order valence-electron chi connectivity index (χ3n) is 4.68. The molecule has 0 bridgehead atoms. The highest BCUT2D eigenvalue weighted by atomic mass is 16.2. The Morgan fingerprint density at radius 1 is 0.957 bits per heavy atom. The minimum absolute atomic E-state index is 0.0297. The molecule has 0 spiro atoms. The fraction of sp³-hybridized carbons (Fsp3) is 0.263. The summed E-state index contributed by atoms with van der Waals surface area (Å²) in [4.78, 5) is 28.9. The zero-order valence-electron chi connectivity index (χ0n) is 12.8. The molecule has 2 heterocycles. The van der Waals surface area contributed by atoms with Gasteiger partial charge in [-0.1, -0.05) is 36.4 Å². The van der Waals surface area contributed by atoms with Gasteiger partial charge in [-0.15, -0.1) is 0 Å². The molecule has 2 amide bonds. The van der Waals surface area contributed by atoms with E-state index in [2.05, 4.69) is 6.07 Å². The van der Waals surface area contributed by atoms with Crippen LogP contribution in [0.25, 0.3) is 0 Å². The average molecular weight is 306 g/mol. The maximum Gasteiger partial charge on any atom is 0.250 e. The molecular weight excluding hydrogens is 288 g/mol. The summed E-state index contributed by atoms with van der Waals surface area (Å²) in [6.07, 6.45) is 1.90. The van der Waals surface area contributed by atoms with E-state index in [1.807, 2.05) is 53.4 Å². The van der Waals surface area contributed by atoms with E-state index in [9.17, 15) is 9.59 Å². The SMILES string of the molecule is O=C(C1CCC(=O)N1c1ccccc1)N1CCc2ccccc21. The number of carbonyl (C=O) groups is 2. The summed E-state index contributed by atoms with van der Waals surface area (Å²) in [5.41, 5.74) is 3.00. The number of amides is 2. The molecule has 2 aromatic rings. The van der Waals surface area contributed by atoms with Gasteiger partial charge < -0.3 is 4.90 Å². The van der Waals surface area contributed by atoms with Crippen LogP contribution in [0.3, 0.4) is 0 Å². The predicted octanol–water partition coefficient (Wildman–Crippen LogP) is 2.77. The molecule has 23 heavy (non-hydrogen) atoms. The Morgan fingerprint density at radius 3 is 2.52 bits per heavy atom. The van der Waals surface area contributed by atoms with Crippen molar-refractivity contribution in [2.45, 2.75) is 25.3 Å². The monoisotopic (exact) mass is 306 g/mol. The first-order valence-corrected chi connectivity index (χ1v) is 8.02.